The number of carbonyl (C=O) groups is 2. The molecular weight excluding hydrogens is 318 g/mol. The van der Waals surface area contributed by atoms with Crippen LogP contribution in [0.5, 0.6) is 0 Å². The van der Waals surface area contributed by atoms with E-state index in [0.29, 0.717) is 18.3 Å². The van der Waals surface area contributed by atoms with Crippen LogP contribution in [0.25, 0.3) is 0 Å². The summed E-state index contributed by atoms with van der Waals surface area (Å²) < 4.78 is 0. The molecule has 3 unspecified atom stereocenters. The number of primary amides is 1. The summed E-state index contributed by atoms with van der Waals surface area (Å²) in [6.45, 7) is 6.47. The van der Waals surface area contributed by atoms with Crippen LogP contribution < -0.4 is 5.73 Å². The van der Waals surface area contributed by atoms with E-state index in [2.05, 4.69) is 20.8 Å². The molecule has 5 heteroatoms. The van der Waals surface area contributed by atoms with Crippen molar-refractivity contribution in [2.45, 2.75) is 97.5 Å². The first-order valence-electron chi connectivity index (χ1n) is 9.91. The van der Waals surface area contributed by atoms with Crippen LogP contribution in [0.4, 0.5) is 0 Å². The van der Waals surface area contributed by atoms with Crippen LogP contribution in [0.3, 0.4) is 0 Å². The van der Waals surface area contributed by atoms with Crippen molar-refractivity contribution >= 4 is 11.9 Å². The fourth-order valence-corrected chi connectivity index (χ4v) is 3.25. The predicted octanol–water partition coefficient (Wildman–Crippen LogP) is 4.12. The van der Waals surface area contributed by atoms with Gasteiger partial charge in [0.05, 0.1) is 6.10 Å². The molecule has 0 spiro atoms. The molecule has 0 aliphatic rings. The van der Waals surface area contributed by atoms with Crippen molar-refractivity contribution in [3.8, 4) is 0 Å². The van der Waals surface area contributed by atoms with E-state index in [4.69, 9.17) is 10.8 Å². The molecule has 3 atom stereocenters. The van der Waals surface area contributed by atoms with Crippen molar-refractivity contribution < 1.29 is 19.8 Å². The van der Waals surface area contributed by atoms with Crippen molar-refractivity contribution in [1.29, 1.82) is 0 Å². The van der Waals surface area contributed by atoms with Gasteiger partial charge in [0, 0.05) is 12.3 Å². The monoisotopic (exact) mass is 357 g/mol. The Morgan fingerprint density at radius 2 is 1.48 bits per heavy atom. The first-order chi connectivity index (χ1) is 11.7. The Kier molecular flexibility index (Phi) is 13.5. The van der Waals surface area contributed by atoms with Gasteiger partial charge >= 0.3 is 5.97 Å². The highest BCUT2D eigenvalue weighted by atomic mass is 16.4. The average molecular weight is 358 g/mol. The molecule has 0 aliphatic heterocycles. The standard InChI is InChI=1S/C20H39NO4/c1-15(2)8-6-11-18(22)12-7-10-17(20(21)25)14-16(3)9-4-5-13-19(23)24/h15-18,22H,4-14H2,1-3H3,(H2,21,25)(H,23,24). The Morgan fingerprint density at radius 3 is 2.00 bits per heavy atom. The Morgan fingerprint density at radius 1 is 0.880 bits per heavy atom. The number of hydrogen-bond donors (Lipinski definition) is 3. The molecule has 25 heavy (non-hydrogen) atoms. The van der Waals surface area contributed by atoms with Gasteiger partial charge in [0.1, 0.15) is 0 Å². The molecule has 0 aromatic rings. The number of amides is 1. The van der Waals surface area contributed by atoms with Crippen LogP contribution in [0.1, 0.15) is 91.4 Å². The summed E-state index contributed by atoms with van der Waals surface area (Å²) in [6.07, 6.45) is 8.47. The van der Waals surface area contributed by atoms with Gasteiger partial charge in [0.25, 0.3) is 0 Å². The minimum absolute atomic E-state index is 0.141. The molecule has 0 rings (SSSR count). The van der Waals surface area contributed by atoms with Crippen molar-refractivity contribution in [2.24, 2.45) is 23.5 Å². The number of aliphatic hydroxyl groups excluding tert-OH is 1. The lowest BCUT2D eigenvalue weighted by molar-refractivity contribution is -0.137. The molecule has 5 nitrogen and oxygen atoms in total. The third-order valence-electron chi connectivity index (χ3n) is 4.84. The molecule has 0 bridgehead atoms. The number of hydrogen-bond acceptors (Lipinski definition) is 3. The van der Waals surface area contributed by atoms with Gasteiger partial charge in [0.15, 0.2) is 0 Å². The topological polar surface area (TPSA) is 101 Å². The molecule has 0 saturated heterocycles. The molecule has 0 aliphatic carbocycles. The summed E-state index contributed by atoms with van der Waals surface area (Å²) in [4.78, 5) is 22.2. The van der Waals surface area contributed by atoms with Gasteiger partial charge in [-0.25, -0.2) is 0 Å². The highest BCUT2D eigenvalue weighted by Gasteiger charge is 2.19. The van der Waals surface area contributed by atoms with Gasteiger partial charge in [-0.1, -0.05) is 52.9 Å². The number of unbranched alkanes of at least 4 members (excludes halogenated alkanes) is 1. The molecule has 4 N–H and O–H groups in total. The number of carboxylic acid groups (broad SMARTS) is 1. The Bertz CT molecular complexity index is 371. The zero-order chi connectivity index (χ0) is 19.2. The average Bonchev–Trinajstić information content (AvgIpc) is 2.49. The van der Waals surface area contributed by atoms with Crippen LogP contribution in [-0.2, 0) is 9.59 Å². The number of aliphatic carboxylic acids is 1. The summed E-state index contributed by atoms with van der Waals surface area (Å²) in [7, 11) is 0. The van der Waals surface area contributed by atoms with Gasteiger partial charge < -0.3 is 15.9 Å². The van der Waals surface area contributed by atoms with E-state index in [9.17, 15) is 14.7 Å². The van der Waals surface area contributed by atoms with Gasteiger partial charge in [0.2, 0.25) is 5.91 Å². The summed E-state index contributed by atoms with van der Waals surface area (Å²) in [5, 5.41) is 18.7. The minimum Gasteiger partial charge on any atom is -0.481 e. The third-order valence-corrected chi connectivity index (χ3v) is 4.84. The molecule has 0 fully saturated rings. The second kappa shape index (κ2) is 14.1. The summed E-state index contributed by atoms with van der Waals surface area (Å²) >= 11 is 0. The van der Waals surface area contributed by atoms with E-state index in [-0.39, 0.29) is 24.3 Å². The number of nitrogens with two attached hydrogens (primary N) is 1. The molecule has 1 amide bonds. The zero-order valence-corrected chi connectivity index (χ0v) is 16.4. The first kappa shape index (κ1) is 23.9. The third kappa shape index (κ3) is 14.9. The highest BCUT2D eigenvalue weighted by Crippen LogP contribution is 2.23. The quantitative estimate of drug-likeness (QED) is 0.362. The normalized spacial score (nSPS) is 15.1. The molecule has 0 heterocycles. The van der Waals surface area contributed by atoms with E-state index in [1.807, 2.05) is 0 Å². The van der Waals surface area contributed by atoms with Crippen molar-refractivity contribution in [3.63, 3.8) is 0 Å². The van der Waals surface area contributed by atoms with Crippen LogP contribution in [0.2, 0.25) is 0 Å². The maximum atomic E-state index is 11.7. The Labute approximate surface area is 153 Å². The van der Waals surface area contributed by atoms with Crippen LogP contribution in [0.15, 0.2) is 0 Å². The number of aliphatic hydroxyl groups is 1. The second-order valence-electron chi connectivity index (χ2n) is 7.99. The second-order valence-corrected chi connectivity index (χ2v) is 7.99. The zero-order valence-electron chi connectivity index (χ0n) is 16.4. The van der Waals surface area contributed by atoms with E-state index >= 15 is 0 Å². The Hall–Kier alpha value is -1.10. The molecule has 0 radical (unpaired) electrons. The van der Waals surface area contributed by atoms with E-state index in [1.165, 1.54) is 0 Å². The van der Waals surface area contributed by atoms with Gasteiger partial charge in [-0.2, -0.15) is 0 Å². The maximum Gasteiger partial charge on any atom is 0.303 e. The van der Waals surface area contributed by atoms with Gasteiger partial charge in [-0.15, -0.1) is 0 Å². The van der Waals surface area contributed by atoms with Gasteiger partial charge in [-0.3, -0.25) is 9.59 Å². The molecule has 0 aromatic carbocycles. The Balaban J connectivity index is 3.96. The minimum atomic E-state index is -0.755. The summed E-state index contributed by atoms with van der Waals surface area (Å²) in [5.41, 5.74) is 5.53. The SMILES string of the molecule is CC(C)CCCC(O)CCCC(CC(C)CCCCC(=O)O)C(N)=O. The van der Waals surface area contributed by atoms with E-state index < -0.39 is 5.97 Å². The fraction of sp³-hybridized carbons (Fsp3) is 0.900. The van der Waals surface area contributed by atoms with Crippen molar-refractivity contribution in [2.75, 3.05) is 0 Å². The number of rotatable bonds is 16. The van der Waals surface area contributed by atoms with Crippen molar-refractivity contribution in [1.82, 2.24) is 0 Å². The van der Waals surface area contributed by atoms with Crippen LogP contribution in [-0.4, -0.2) is 28.2 Å². The van der Waals surface area contributed by atoms with E-state index in [1.54, 1.807) is 0 Å². The van der Waals surface area contributed by atoms with E-state index in [0.717, 1.165) is 57.8 Å². The fourth-order valence-electron chi connectivity index (χ4n) is 3.25. The summed E-state index contributed by atoms with van der Waals surface area (Å²) in [6, 6.07) is 0. The first-order valence-corrected chi connectivity index (χ1v) is 9.91. The number of carboxylic acids is 1. The van der Waals surface area contributed by atoms with Gasteiger partial charge in [-0.05, 0) is 43.9 Å². The molecule has 0 aromatic heterocycles. The molecule has 148 valence electrons. The molecular formula is C20H39NO4. The number of carbonyl (C=O) groups excluding carboxylic acids is 1. The predicted molar refractivity (Wildman–Crippen MR) is 101 cm³/mol. The van der Waals surface area contributed by atoms with Crippen LogP contribution >= 0.6 is 0 Å². The lowest BCUT2D eigenvalue weighted by atomic mass is 9.87. The smallest absolute Gasteiger partial charge is 0.303 e. The molecule has 0 saturated carbocycles. The lowest BCUT2D eigenvalue weighted by Gasteiger charge is -2.19. The van der Waals surface area contributed by atoms with Crippen molar-refractivity contribution in [3.05, 3.63) is 0 Å². The van der Waals surface area contributed by atoms with Crippen LogP contribution in [0, 0.1) is 17.8 Å². The highest BCUT2D eigenvalue weighted by molar-refractivity contribution is 5.76. The summed E-state index contributed by atoms with van der Waals surface area (Å²) in [5.74, 6) is -0.121. The lowest BCUT2D eigenvalue weighted by Crippen LogP contribution is -2.25. The largest absolute Gasteiger partial charge is 0.481 e. The maximum absolute atomic E-state index is 11.7.